The fraction of sp³-hybridized carbons (Fsp3) is 0.111. The van der Waals surface area contributed by atoms with Crippen molar-refractivity contribution in [1.29, 1.82) is 0 Å². The fourth-order valence-corrected chi connectivity index (χ4v) is 2.60. The van der Waals surface area contributed by atoms with E-state index >= 15 is 0 Å². The largest absolute Gasteiger partial charge is 0.340 e. The van der Waals surface area contributed by atoms with Crippen LogP contribution >= 0.6 is 0 Å². The molecule has 3 heterocycles. The van der Waals surface area contributed by atoms with Gasteiger partial charge < -0.3 is 5.32 Å². The molecule has 0 radical (unpaired) electrons. The zero-order chi connectivity index (χ0) is 18.1. The number of aromatic nitrogens is 6. The smallest absolute Gasteiger partial charge is 0.149 e. The first kappa shape index (κ1) is 15.9. The van der Waals surface area contributed by atoms with Crippen LogP contribution in [0.15, 0.2) is 55.2 Å². The van der Waals surface area contributed by atoms with E-state index in [9.17, 15) is 4.39 Å². The molecule has 7 nitrogen and oxygen atoms in total. The maximum Gasteiger partial charge on any atom is 0.149 e. The van der Waals surface area contributed by atoms with Gasteiger partial charge in [-0.3, -0.25) is 4.68 Å². The molecule has 0 aliphatic carbocycles. The predicted octanol–water partition coefficient (Wildman–Crippen LogP) is 3.25. The third kappa shape index (κ3) is 3.16. The summed E-state index contributed by atoms with van der Waals surface area (Å²) in [7, 11) is 1.79. The van der Waals surface area contributed by atoms with Gasteiger partial charge in [-0.05, 0) is 37.3 Å². The van der Waals surface area contributed by atoms with E-state index in [0.29, 0.717) is 22.8 Å². The fourth-order valence-electron chi connectivity index (χ4n) is 2.60. The molecule has 0 amide bonds. The van der Waals surface area contributed by atoms with Gasteiger partial charge in [0, 0.05) is 30.1 Å². The van der Waals surface area contributed by atoms with Gasteiger partial charge in [0.1, 0.15) is 23.8 Å². The van der Waals surface area contributed by atoms with Crippen molar-refractivity contribution in [1.82, 2.24) is 29.5 Å². The van der Waals surface area contributed by atoms with Crippen LogP contribution in [-0.4, -0.2) is 29.5 Å². The summed E-state index contributed by atoms with van der Waals surface area (Å²) in [6, 6.07) is 9.31. The van der Waals surface area contributed by atoms with Gasteiger partial charge in [-0.1, -0.05) is 0 Å². The molecule has 1 N–H and O–H groups in total. The van der Waals surface area contributed by atoms with Crippen LogP contribution < -0.4 is 5.32 Å². The molecule has 3 aromatic heterocycles. The molecule has 0 saturated heterocycles. The van der Waals surface area contributed by atoms with Crippen molar-refractivity contribution in [2.75, 3.05) is 5.32 Å². The predicted molar refractivity (Wildman–Crippen MR) is 95.8 cm³/mol. The van der Waals surface area contributed by atoms with Gasteiger partial charge in [-0.25, -0.2) is 19.0 Å². The summed E-state index contributed by atoms with van der Waals surface area (Å²) in [6.07, 6.45) is 6.25. The van der Waals surface area contributed by atoms with Crippen LogP contribution in [0.2, 0.25) is 0 Å². The van der Waals surface area contributed by atoms with E-state index in [1.165, 1.54) is 6.20 Å². The summed E-state index contributed by atoms with van der Waals surface area (Å²) in [5.41, 5.74) is 2.89. The zero-order valence-electron chi connectivity index (χ0n) is 14.3. The van der Waals surface area contributed by atoms with Crippen LogP contribution in [0.4, 0.5) is 15.9 Å². The Labute approximate surface area is 149 Å². The van der Waals surface area contributed by atoms with Gasteiger partial charge >= 0.3 is 0 Å². The first-order valence-electron chi connectivity index (χ1n) is 7.99. The number of anilines is 2. The highest BCUT2D eigenvalue weighted by Gasteiger charge is 2.10. The minimum atomic E-state index is -0.388. The van der Waals surface area contributed by atoms with Crippen molar-refractivity contribution in [3.8, 4) is 16.8 Å². The number of hydrogen-bond acceptors (Lipinski definition) is 5. The lowest BCUT2D eigenvalue weighted by atomic mass is 10.1. The molecule has 4 aromatic rings. The summed E-state index contributed by atoms with van der Waals surface area (Å²) in [5, 5.41) is 11.5. The van der Waals surface area contributed by atoms with Gasteiger partial charge in [0.25, 0.3) is 0 Å². The molecule has 0 saturated carbocycles. The van der Waals surface area contributed by atoms with Crippen LogP contribution in [0.5, 0.6) is 0 Å². The standard InChI is InChI=1S/C18H16FN7/c1-12-21-11-26(24-12)15-5-3-14(4-6-15)23-18-7-16(17(19)9-20-18)13-8-22-25(2)10-13/h3-11H,1-2H3,(H,20,23). The minimum Gasteiger partial charge on any atom is -0.340 e. The van der Waals surface area contributed by atoms with Crippen molar-refractivity contribution in [2.24, 2.45) is 7.05 Å². The second kappa shape index (κ2) is 6.40. The Morgan fingerprint density at radius 3 is 2.54 bits per heavy atom. The van der Waals surface area contributed by atoms with Crippen molar-refractivity contribution < 1.29 is 4.39 Å². The Morgan fingerprint density at radius 2 is 1.88 bits per heavy atom. The SMILES string of the molecule is Cc1ncn(-c2ccc(Nc3cc(-c4cnn(C)c4)c(F)cn3)cc2)n1. The van der Waals surface area contributed by atoms with Gasteiger partial charge in [0.2, 0.25) is 0 Å². The molecule has 0 unspecified atom stereocenters. The normalized spacial score (nSPS) is 10.9. The molecule has 0 atom stereocenters. The monoisotopic (exact) mass is 349 g/mol. The zero-order valence-corrected chi connectivity index (χ0v) is 14.3. The number of rotatable bonds is 4. The van der Waals surface area contributed by atoms with E-state index in [-0.39, 0.29) is 5.82 Å². The van der Waals surface area contributed by atoms with Gasteiger partial charge in [-0.2, -0.15) is 10.2 Å². The Kier molecular flexibility index (Phi) is 3.92. The molecule has 0 spiro atoms. The van der Waals surface area contributed by atoms with Crippen molar-refractivity contribution in [3.05, 3.63) is 66.9 Å². The van der Waals surface area contributed by atoms with Crippen molar-refractivity contribution in [2.45, 2.75) is 6.92 Å². The molecule has 0 fully saturated rings. The quantitative estimate of drug-likeness (QED) is 0.612. The van der Waals surface area contributed by atoms with E-state index in [2.05, 4.69) is 25.5 Å². The number of benzene rings is 1. The topological polar surface area (TPSA) is 73.5 Å². The number of hydrogen-bond donors (Lipinski definition) is 1. The molecule has 0 bridgehead atoms. The molecule has 0 aliphatic heterocycles. The Hall–Kier alpha value is -3.55. The second-order valence-corrected chi connectivity index (χ2v) is 5.86. The van der Waals surface area contributed by atoms with Crippen LogP contribution in [0.3, 0.4) is 0 Å². The number of pyridine rings is 1. The summed E-state index contributed by atoms with van der Waals surface area (Å²) in [4.78, 5) is 8.23. The number of aryl methyl sites for hydroxylation is 2. The Morgan fingerprint density at radius 1 is 1.08 bits per heavy atom. The van der Waals surface area contributed by atoms with Crippen LogP contribution in [0, 0.1) is 12.7 Å². The van der Waals surface area contributed by atoms with E-state index in [1.807, 2.05) is 31.2 Å². The third-order valence-electron chi connectivity index (χ3n) is 3.88. The number of nitrogens with one attached hydrogen (secondary N) is 1. The third-order valence-corrected chi connectivity index (χ3v) is 3.88. The van der Waals surface area contributed by atoms with Crippen molar-refractivity contribution >= 4 is 11.5 Å². The highest BCUT2D eigenvalue weighted by atomic mass is 19.1. The lowest BCUT2D eigenvalue weighted by molar-refractivity contribution is 0.625. The average Bonchev–Trinajstić information content (AvgIpc) is 3.26. The maximum absolute atomic E-state index is 14.1. The van der Waals surface area contributed by atoms with Gasteiger partial charge in [0.15, 0.2) is 0 Å². The van der Waals surface area contributed by atoms with Crippen LogP contribution in [0.1, 0.15) is 5.82 Å². The average molecular weight is 349 g/mol. The number of nitrogens with zero attached hydrogens (tertiary/aromatic N) is 6. The van der Waals surface area contributed by atoms with Crippen LogP contribution in [0.25, 0.3) is 16.8 Å². The summed E-state index contributed by atoms with van der Waals surface area (Å²) >= 11 is 0. The molecule has 4 rings (SSSR count). The molecule has 1 aromatic carbocycles. The van der Waals surface area contributed by atoms with E-state index in [0.717, 1.165) is 11.4 Å². The van der Waals surface area contributed by atoms with Gasteiger partial charge in [-0.15, -0.1) is 0 Å². The maximum atomic E-state index is 14.1. The Balaban J connectivity index is 1.57. The lowest BCUT2D eigenvalue weighted by Crippen LogP contribution is -1.98. The molecular formula is C18H16FN7. The molecule has 26 heavy (non-hydrogen) atoms. The first-order chi connectivity index (χ1) is 12.6. The minimum absolute atomic E-state index is 0.388. The lowest BCUT2D eigenvalue weighted by Gasteiger charge is -2.09. The highest BCUT2D eigenvalue weighted by molar-refractivity contribution is 5.68. The summed E-state index contributed by atoms with van der Waals surface area (Å²) in [5.74, 6) is 0.876. The van der Waals surface area contributed by atoms with E-state index < -0.39 is 0 Å². The summed E-state index contributed by atoms with van der Waals surface area (Å²) < 4.78 is 17.4. The number of halogens is 1. The summed E-state index contributed by atoms with van der Waals surface area (Å²) in [6.45, 7) is 1.84. The van der Waals surface area contributed by atoms with E-state index in [1.54, 1.807) is 41.2 Å². The Bertz CT molecular complexity index is 1050. The first-order valence-corrected chi connectivity index (χ1v) is 7.99. The molecule has 8 heteroatoms. The van der Waals surface area contributed by atoms with Crippen molar-refractivity contribution in [3.63, 3.8) is 0 Å². The molecular weight excluding hydrogens is 333 g/mol. The van der Waals surface area contributed by atoms with Crippen LogP contribution in [-0.2, 0) is 7.05 Å². The van der Waals surface area contributed by atoms with Gasteiger partial charge in [0.05, 0.1) is 18.1 Å². The second-order valence-electron chi connectivity index (χ2n) is 5.86. The highest BCUT2D eigenvalue weighted by Crippen LogP contribution is 2.25. The molecule has 130 valence electrons. The molecule has 0 aliphatic rings. The van der Waals surface area contributed by atoms with E-state index in [4.69, 9.17) is 0 Å².